The van der Waals surface area contributed by atoms with E-state index < -0.39 is 29.6 Å². The minimum absolute atomic E-state index is 0.0707. The molecule has 8 heteroatoms. The summed E-state index contributed by atoms with van der Waals surface area (Å²) in [5, 5.41) is 15.4. The lowest BCUT2D eigenvalue weighted by molar-refractivity contribution is -0.139. The van der Waals surface area contributed by atoms with Crippen molar-refractivity contribution in [3.8, 4) is 0 Å². The Balaban J connectivity index is 2.29. The Labute approximate surface area is 124 Å². The molecule has 0 aliphatic carbocycles. The van der Waals surface area contributed by atoms with Crippen LogP contribution in [0.15, 0.2) is 24.3 Å². The Morgan fingerprint density at radius 1 is 1.27 bits per heavy atom. The lowest BCUT2D eigenvalue weighted by atomic mass is 10.1. The number of aromatic nitrogens is 2. The molecule has 1 aromatic carbocycles. The third-order valence-electron chi connectivity index (χ3n) is 3.03. The van der Waals surface area contributed by atoms with Crippen LogP contribution in [0.1, 0.15) is 27.8 Å². The van der Waals surface area contributed by atoms with E-state index in [1.807, 2.05) is 0 Å². The predicted molar refractivity (Wildman–Crippen MR) is 72.1 cm³/mol. The molecule has 1 heterocycles. The summed E-state index contributed by atoms with van der Waals surface area (Å²) in [6.45, 7) is 1.68. The van der Waals surface area contributed by atoms with Crippen LogP contribution in [0.4, 0.5) is 8.78 Å². The molecule has 1 atom stereocenters. The van der Waals surface area contributed by atoms with Crippen LogP contribution < -0.4 is 5.32 Å². The van der Waals surface area contributed by atoms with Gasteiger partial charge in [-0.25, -0.2) is 13.6 Å². The zero-order chi connectivity index (χ0) is 16.4. The molecule has 0 saturated heterocycles. The maximum absolute atomic E-state index is 13.2. The molecule has 2 aromatic rings. The number of amides is 1. The Bertz CT molecular complexity index is 743. The fourth-order valence-electron chi connectivity index (χ4n) is 2.01. The number of aryl methyl sites for hydroxylation is 2. The number of rotatable bonds is 4. The number of aliphatic carboxylic acids is 1. The van der Waals surface area contributed by atoms with Crippen molar-refractivity contribution >= 4 is 11.9 Å². The van der Waals surface area contributed by atoms with Gasteiger partial charge in [-0.15, -0.1) is 0 Å². The minimum Gasteiger partial charge on any atom is -0.479 e. The van der Waals surface area contributed by atoms with E-state index in [1.165, 1.54) is 17.8 Å². The summed E-state index contributed by atoms with van der Waals surface area (Å²) in [6, 6.07) is 2.63. The van der Waals surface area contributed by atoms with E-state index in [4.69, 9.17) is 0 Å². The molecule has 2 rings (SSSR count). The number of nitrogens with zero attached hydrogens (tertiary/aromatic N) is 2. The first kappa shape index (κ1) is 15.6. The van der Waals surface area contributed by atoms with Crippen molar-refractivity contribution in [3.05, 3.63) is 52.9 Å². The SMILES string of the molecule is Cc1cc(C(=O)N[C@@H](C(=O)O)c2ccc(F)c(F)c2)n(C)n1. The topological polar surface area (TPSA) is 84.2 Å². The highest BCUT2D eigenvalue weighted by atomic mass is 19.2. The Hall–Kier alpha value is -2.77. The number of carbonyl (C=O) groups excluding carboxylic acids is 1. The number of benzene rings is 1. The first-order valence-electron chi connectivity index (χ1n) is 6.29. The van der Waals surface area contributed by atoms with Crippen LogP contribution in [0.5, 0.6) is 0 Å². The van der Waals surface area contributed by atoms with E-state index in [0.717, 1.165) is 18.2 Å². The Morgan fingerprint density at radius 3 is 2.45 bits per heavy atom. The van der Waals surface area contributed by atoms with E-state index in [0.29, 0.717) is 5.69 Å². The van der Waals surface area contributed by atoms with Crippen molar-refractivity contribution in [2.24, 2.45) is 7.05 Å². The lowest BCUT2D eigenvalue weighted by Crippen LogP contribution is -2.34. The number of carbonyl (C=O) groups is 2. The monoisotopic (exact) mass is 309 g/mol. The third kappa shape index (κ3) is 3.11. The zero-order valence-corrected chi connectivity index (χ0v) is 11.8. The number of halogens is 2. The van der Waals surface area contributed by atoms with Gasteiger partial charge in [-0.05, 0) is 30.7 Å². The number of carboxylic acids is 1. The van der Waals surface area contributed by atoms with Crippen LogP contribution in [0.2, 0.25) is 0 Å². The predicted octanol–water partition coefficient (Wildman–Crippen LogP) is 1.56. The average molecular weight is 309 g/mol. The summed E-state index contributed by atoms with van der Waals surface area (Å²) < 4.78 is 27.5. The van der Waals surface area contributed by atoms with Gasteiger partial charge in [0.1, 0.15) is 5.69 Å². The van der Waals surface area contributed by atoms with Crippen molar-refractivity contribution in [1.29, 1.82) is 0 Å². The minimum atomic E-state index is -1.50. The van der Waals surface area contributed by atoms with Crippen LogP contribution >= 0.6 is 0 Å². The van der Waals surface area contributed by atoms with Gasteiger partial charge in [0.2, 0.25) is 0 Å². The molecular weight excluding hydrogens is 296 g/mol. The number of hydrogen-bond donors (Lipinski definition) is 2. The molecule has 22 heavy (non-hydrogen) atoms. The van der Waals surface area contributed by atoms with E-state index in [-0.39, 0.29) is 11.3 Å². The molecule has 1 amide bonds. The molecule has 0 radical (unpaired) electrons. The smallest absolute Gasteiger partial charge is 0.330 e. The molecular formula is C14H13F2N3O3. The van der Waals surface area contributed by atoms with Gasteiger partial charge in [0.15, 0.2) is 17.7 Å². The highest BCUT2D eigenvalue weighted by molar-refractivity contribution is 5.95. The molecule has 116 valence electrons. The van der Waals surface area contributed by atoms with Crippen LogP contribution in [-0.4, -0.2) is 26.8 Å². The summed E-state index contributed by atoms with van der Waals surface area (Å²) in [5.74, 6) is -4.35. The number of nitrogens with one attached hydrogen (secondary N) is 1. The van der Waals surface area contributed by atoms with Gasteiger partial charge in [0.25, 0.3) is 5.91 Å². The second kappa shape index (κ2) is 5.92. The van der Waals surface area contributed by atoms with E-state index in [9.17, 15) is 23.5 Å². The second-order valence-electron chi connectivity index (χ2n) is 4.71. The van der Waals surface area contributed by atoms with Crippen LogP contribution in [-0.2, 0) is 11.8 Å². The first-order chi connectivity index (χ1) is 10.3. The normalized spacial score (nSPS) is 12.0. The van der Waals surface area contributed by atoms with Gasteiger partial charge in [0, 0.05) is 7.05 Å². The van der Waals surface area contributed by atoms with Crippen LogP contribution in [0.25, 0.3) is 0 Å². The summed E-state index contributed by atoms with van der Waals surface area (Å²) in [7, 11) is 1.54. The zero-order valence-electron chi connectivity index (χ0n) is 11.8. The van der Waals surface area contributed by atoms with E-state index >= 15 is 0 Å². The molecule has 0 unspecified atom stereocenters. The van der Waals surface area contributed by atoms with E-state index in [1.54, 1.807) is 6.92 Å². The molecule has 0 bridgehead atoms. The summed E-state index contributed by atoms with van der Waals surface area (Å²) >= 11 is 0. The van der Waals surface area contributed by atoms with E-state index in [2.05, 4.69) is 10.4 Å². The van der Waals surface area contributed by atoms with Crippen molar-refractivity contribution in [1.82, 2.24) is 15.1 Å². The van der Waals surface area contributed by atoms with Gasteiger partial charge in [-0.1, -0.05) is 6.07 Å². The van der Waals surface area contributed by atoms with Gasteiger partial charge in [0.05, 0.1) is 5.69 Å². The third-order valence-corrected chi connectivity index (χ3v) is 3.03. The fourth-order valence-corrected chi connectivity index (χ4v) is 2.01. The molecule has 0 fully saturated rings. The van der Waals surface area contributed by atoms with Crippen molar-refractivity contribution < 1.29 is 23.5 Å². The quantitative estimate of drug-likeness (QED) is 0.897. The molecule has 1 aromatic heterocycles. The maximum atomic E-state index is 13.2. The van der Waals surface area contributed by atoms with Crippen molar-refractivity contribution in [3.63, 3.8) is 0 Å². The number of carboxylic acid groups (broad SMARTS) is 1. The molecule has 2 N–H and O–H groups in total. The molecule has 6 nitrogen and oxygen atoms in total. The van der Waals surface area contributed by atoms with Crippen molar-refractivity contribution in [2.45, 2.75) is 13.0 Å². The Kier molecular flexibility index (Phi) is 4.20. The maximum Gasteiger partial charge on any atom is 0.330 e. The van der Waals surface area contributed by atoms with Gasteiger partial charge in [-0.3, -0.25) is 9.48 Å². The van der Waals surface area contributed by atoms with Crippen molar-refractivity contribution in [2.75, 3.05) is 0 Å². The Morgan fingerprint density at radius 2 is 1.95 bits per heavy atom. The summed E-state index contributed by atoms with van der Waals surface area (Å²) in [4.78, 5) is 23.4. The van der Waals surface area contributed by atoms with Crippen LogP contribution in [0, 0.1) is 18.6 Å². The fraction of sp³-hybridized carbons (Fsp3) is 0.214. The van der Waals surface area contributed by atoms with Gasteiger partial charge >= 0.3 is 5.97 Å². The average Bonchev–Trinajstić information content (AvgIpc) is 2.78. The molecule has 0 aliphatic heterocycles. The highest BCUT2D eigenvalue weighted by Gasteiger charge is 2.25. The molecule has 0 saturated carbocycles. The number of hydrogen-bond acceptors (Lipinski definition) is 3. The van der Waals surface area contributed by atoms with Crippen LogP contribution in [0.3, 0.4) is 0 Å². The van der Waals surface area contributed by atoms with Gasteiger partial charge in [-0.2, -0.15) is 5.10 Å². The second-order valence-corrected chi connectivity index (χ2v) is 4.71. The summed E-state index contributed by atoms with van der Waals surface area (Å²) in [5.41, 5.74) is 0.678. The first-order valence-corrected chi connectivity index (χ1v) is 6.29. The largest absolute Gasteiger partial charge is 0.479 e. The standard InChI is InChI=1S/C14H13F2N3O3/c1-7-5-11(19(2)18-7)13(20)17-12(14(21)22)8-3-4-9(15)10(16)6-8/h3-6,12H,1-2H3,(H,17,20)(H,21,22)/t12-/m1/s1. The molecule has 0 spiro atoms. The van der Waals surface area contributed by atoms with Gasteiger partial charge < -0.3 is 10.4 Å². The highest BCUT2D eigenvalue weighted by Crippen LogP contribution is 2.17. The molecule has 0 aliphatic rings. The summed E-state index contributed by atoms with van der Waals surface area (Å²) in [6.07, 6.45) is 0. The lowest BCUT2D eigenvalue weighted by Gasteiger charge is -2.15.